The Hall–Kier alpha value is -4.67. The molecule has 0 radical (unpaired) electrons. The average Bonchev–Trinajstić information content (AvgIpc) is 3.94. The molecule has 1 spiro atoms. The van der Waals surface area contributed by atoms with Gasteiger partial charge in [0.25, 0.3) is 5.91 Å². The SMILES string of the molecule is CCOC(=O)NNC(=O)[C@]1(O)C2N(C)c3cc(OC)c([C@]4(C(=O)OC)c5[nH]c6ccccc6c5CCN4CCCC(O)(CC)CC)cc3[C@@]23CCN2CC=C[C@@](CC)([C@H]1O)[C@H]23. The van der Waals surface area contributed by atoms with Gasteiger partial charge in [-0.05, 0) is 81.7 Å². The first kappa shape index (κ1) is 43.0. The lowest BCUT2D eigenvalue weighted by Crippen LogP contribution is -2.82. The van der Waals surface area contributed by atoms with Gasteiger partial charge in [0.1, 0.15) is 11.9 Å². The number of nitrogens with one attached hydrogen (secondary N) is 3. The number of benzene rings is 2. The zero-order chi connectivity index (χ0) is 43.7. The summed E-state index contributed by atoms with van der Waals surface area (Å²) >= 11 is 0. The van der Waals surface area contributed by atoms with Gasteiger partial charge in [0.15, 0.2) is 11.1 Å². The highest BCUT2D eigenvalue weighted by Crippen LogP contribution is 2.67. The topological polar surface area (TPSA) is 189 Å². The van der Waals surface area contributed by atoms with Crippen molar-refractivity contribution in [3.05, 3.63) is 70.9 Å². The number of aromatic amines is 1. The molecule has 330 valence electrons. The van der Waals surface area contributed by atoms with Crippen LogP contribution in [0.4, 0.5) is 10.5 Å². The molecule has 1 saturated heterocycles. The van der Waals surface area contributed by atoms with E-state index in [1.165, 1.54) is 7.11 Å². The molecule has 1 saturated carbocycles. The van der Waals surface area contributed by atoms with E-state index in [9.17, 15) is 24.9 Å². The molecular formula is C46H62N6O9. The number of methoxy groups -OCH3 is 2. The van der Waals surface area contributed by atoms with E-state index >= 15 is 4.79 Å². The van der Waals surface area contributed by atoms with Gasteiger partial charge in [-0.3, -0.25) is 20.0 Å². The summed E-state index contributed by atoms with van der Waals surface area (Å²) in [7, 11) is 4.78. The quantitative estimate of drug-likeness (QED) is 0.0882. The van der Waals surface area contributed by atoms with Gasteiger partial charge < -0.3 is 39.4 Å². The first-order chi connectivity index (χ1) is 29.2. The minimum absolute atomic E-state index is 0.0635. The van der Waals surface area contributed by atoms with E-state index in [0.29, 0.717) is 93.8 Å². The molecule has 2 amide bonds. The van der Waals surface area contributed by atoms with Crippen LogP contribution in [0.2, 0.25) is 0 Å². The van der Waals surface area contributed by atoms with Crippen LogP contribution in [0, 0.1) is 5.41 Å². The van der Waals surface area contributed by atoms with Crippen LogP contribution in [0.25, 0.3) is 10.9 Å². The van der Waals surface area contributed by atoms with Gasteiger partial charge >= 0.3 is 12.1 Å². The standard InChI is InChI=1S/C46H62N6O9/c1-8-42(57,9-2)19-14-23-52-24-18-29-28-16-12-13-17-32(28)47-35(29)45(52,40(55)60-7)31-26-30-33(27-34(31)59-6)50(5)37-44(30)21-25-51-22-15-20-43(10-3,36(44)51)38(53)46(37,58)39(54)48-49-41(56)61-11-4/h12-13,15-17,20,26-27,36-38,47,53,57-58H,8-11,14,18-19,21-25H2,1-7H3,(H,48,54)(H,49,56)/t36-,37?,38+,43+,44+,45+,46-/m0/s1. The minimum Gasteiger partial charge on any atom is -0.496 e. The number of aromatic nitrogens is 1. The van der Waals surface area contributed by atoms with Crippen LogP contribution in [0.3, 0.4) is 0 Å². The summed E-state index contributed by atoms with van der Waals surface area (Å²) in [5, 5.41) is 38.2. The van der Waals surface area contributed by atoms with E-state index in [1.807, 2.05) is 75.2 Å². The molecule has 1 aliphatic carbocycles. The number of anilines is 1. The number of hydrogen-bond acceptors (Lipinski definition) is 12. The second-order valence-corrected chi connectivity index (χ2v) is 17.7. The number of amides is 2. The molecule has 4 aliphatic heterocycles. The molecule has 8 rings (SSSR count). The number of rotatable bonds is 12. The summed E-state index contributed by atoms with van der Waals surface area (Å²) in [5.74, 6) is -1.07. The molecule has 5 heterocycles. The molecule has 15 heteroatoms. The van der Waals surface area contributed by atoms with Crippen LogP contribution in [0.5, 0.6) is 5.75 Å². The molecule has 15 nitrogen and oxygen atoms in total. The molecule has 3 aromatic rings. The monoisotopic (exact) mass is 842 g/mol. The number of hydrazine groups is 1. The van der Waals surface area contributed by atoms with E-state index in [-0.39, 0.29) is 12.6 Å². The molecule has 2 fully saturated rings. The highest BCUT2D eigenvalue weighted by atomic mass is 16.6. The second-order valence-electron chi connectivity index (χ2n) is 17.7. The maximum absolute atomic E-state index is 15.2. The highest BCUT2D eigenvalue weighted by Gasteiger charge is 2.79. The largest absolute Gasteiger partial charge is 0.496 e. The summed E-state index contributed by atoms with van der Waals surface area (Å²) in [5.41, 5.74) is 2.32. The van der Waals surface area contributed by atoms with E-state index in [1.54, 1.807) is 14.0 Å². The zero-order valence-corrected chi connectivity index (χ0v) is 36.5. The van der Waals surface area contributed by atoms with Crippen molar-refractivity contribution in [1.82, 2.24) is 25.6 Å². The van der Waals surface area contributed by atoms with Crippen LogP contribution in [0.1, 0.15) is 88.6 Å². The summed E-state index contributed by atoms with van der Waals surface area (Å²) in [6.45, 7) is 9.84. The van der Waals surface area contributed by atoms with Crippen molar-refractivity contribution >= 4 is 34.6 Å². The fraction of sp³-hybridized carbons (Fsp3) is 0.587. The fourth-order valence-electron chi connectivity index (χ4n) is 12.6. The fourth-order valence-corrected chi connectivity index (χ4v) is 12.6. The average molecular weight is 843 g/mol. The molecule has 1 aromatic heterocycles. The number of nitrogens with zero attached hydrogens (tertiary/aromatic N) is 3. The van der Waals surface area contributed by atoms with E-state index in [0.717, 1.165) is 22.0 Å². The smallest absolute Gasteiger partial charge is 0.426 e. The molecule has 6 N–H and O–H groups in total. The molecule has 1 unspecified atom stereocenters. The van der Waals surface area contributed by atoms with Crippen LogP contribution >= 0.6 is 0 Å². The van der Waals surface area contributed by atoms with Gasteiger partial charge in [0, 0.05) is 71.8 Å². The Morgan fingerprint density at radius 1 is 1.02 bits per heavy atom. The molecule has 61 heavy (non-hydrogen) atoms. The van der Waals surface area contributed by atoms with Gasteiger partial charge in [0.05, 0.1) is 38.2 Å². The highest BCUT2D eigenvalue weighted by molar-refractivity contribution is 5.95. The van der Waals surface area contributed by atoms with Crippen molar-refractivity contribution < 1.29 is 43.9 Å². The minimum atomic E-state index is -2.47. The predicted molar refractivity (Wildman–Crippen MR) is 229 cm³/mol. The van der Waals surface area contributed by atoms with Gasteiger partial charge in [-0.1, -0.05) is 51.1 Å². The van der Waals surface area contributed by atoms with Crippen LogP contribution in [-0.2, 0) is 36.4 Å². The van der Waals surface area contributed by atoms with Crippen molar-refractivity contribution in [1.29, 1.82) is 0 Å². The van der Waals surface area contributed by atoms with Crippen molar-refractivity contribution in [2.75, 3.05) is 59.0 Å². The van der Waals surface area contributed by atoms with Crippen molar-refractivity contribution in [2.24, 2.45) is 5.41 Å². The summed E-state index contributed by atoms with van der Waals surface area (Å²) in [4.78, 5) is 52.3. The Morgan fingerprint density at radius 3 is 2.46 bits per heavy atom. The number of fused-ring (bicyclic) bond motifs is 4. The summed E-state index contributed by atoms with van der Waals surface area (Å²) in [6.07, 6.45) is 5.40. The normalized spacial score (nSPS) is 30.3. The maximum atomic E-state index is 15.2. The number of esters is 1. The van der Waals surface area contributed by atoms with Crippen LogP contribution < -0.4 is 20.5 Å². The first-order valence-corrected chi connectivity index (χ1v) is 21.9. The lowest BCUT2D eigenvalue weighted by Gasteiger charge is -2.63. The van der Waals surface area contributed by atoms with E-state index in [4.69, 9.17) is 14.2 Å². The van der Waals surface area contributed by atoms with Gasteiger partial charge in [-0.2, -0.15) is 0 Å². The van der Waals surface area contributed by atoms with Crippen molar-refractivity contribution in [2.45, 2.75) is 113 Å². The Bertz CT molecular complexity index is 2240. The van der Waals surface area contributed by atoms with E-state index in [2.05, 4.69) is 31.7 Å². The first-order valence-electron chi connectivity index (χ1n) is 21.9. The molecule has 2 aromatic carbocycles. The van der Waals surface area contributed by atoms with E-state index < -0.39 is 57.7 Å². The predicted octanol–water partition coefficient (Wildman–Crippen LogP) is 3.76. The summed E-state index contributed by atoms with van der Waals surface area (Å²) in [6, 6.07) is 10.6. The molecule has 5 aliphatic rings. The zero-order valence-electron chi connectivity index (χ0n) is 36.5. The molecule has 0 bridgehead atoms. The van der Waals surface area contributed by atoms with Crippen LogP contribution in [0.15, 0.2) is 48.6 Å². The van der Waals surface area contributed by atoms with Crippen LogP contribution in [-0.4, -0.2) is 132 Å². The third kappa shape index (κ3) is 5.83. The molecule has 7 atom stereocenters. The van der Waals surface area contributed by atoms with Crippen molar-refractivity contribution in [3.8, 4) is 5.75 Å². The Morgan fingerprint density at radius 2 is 1.77 bits per heavy atom. The number of H-pyrrole nitrogens is 1. The third-order valence-corrected chi connectivity index (χ3v) is 15.4. The number of carbonyl (C=O) groups excluding carboxylic acids is 3. The number of likely N-dealkylation sites (N-methyl/N-ethyl adjacent to an activating group) is 1. The number of carbonyl (C=O) groups is 3. The second kappa shape index (κ2) is 15.6. The van der Waals surface area contributed by atoms with Gasteiger partial charge in [0.2, 0.25) is 0 Å². The maximum Gasteiger partial charge on any atom is 0.426 e. The van der Waals surface area contributed by atoms with Gasteiger partial charge in [-0.15, -0.1) is 0 Å². The third-order valence-electron chi connectivity index (χ3n) is 15.4. The number of ether oxygens (including phenoxy) is 3. The number of hydrogen-bond donors (Lipinski definition) is 6. The lowest BCUT2D eigenvalue weighted by atomic mass is 9.47. The number of aliphatic hydroxyl groups is 3. The number of para-hydroxylation sites is 1. The number of aliphatic hydroxyl groups excluding tert-OH is 1. The summed E-state index contributed by atoms with van der Waals surface area (Å²) < 4.78 is 17.2. The Balaban J connectivity index is 1.38. The molecular weight excluding hydrogens is 781 g/mol. The van der Waals surface area contributed by atoms with Gasteiger partial charge in [-0.25, -0.2) is 15.0 Å². The van der Waals surface area contributed by atoms with Crippen molar-refractivity contribution in [3.63, 3.8) is 0 Å². The lowest BCUT2D eigenvalue weighted by molar-refractivity contribution is -0.204. The Kier molecular flexibility index (Phi) is 11.0. The Labute approximate surface area is 357 Å².